The molecule has 1 heterocycles. The molecule has 7 nitrogen and oxygen atoms in total. The topological polar surface area (TPSA) is 87.2 Å². The van der Waals surface area contributed by atoms with Gasteiger partial charge >= 0.3 is 12.1 Å². The van der Waals surface area contributed by atoms with Crippen molar-refractivity contribution in [2.24, 2.45) is 11.3 Å². The number of rotatable bonds is 6. The van der Waals surface area contributed by atoms with Gasteiger partial charge in [0.05, 0.1) is 5.56 Å². The lowest BCUT2D eigenvalue weighted by molar-refractivity contribution is -0.137. The number of carbonyl (C=O) groups is 3. The predicted molar refractivity (Wildman–Crippen MR) is 141 cm³/mol. The molecule has 37 heavy (non-hydrogen) atoms. The van der Waals surface area contributed by atoms with Gasteiger partial charge in [-0.3, -0.25) is 4.79 Å². The number of likely N-dealkylation sites (tertiary alicyclic amines) is 1. The fourth-order valence-corrected chi connectivity index (χ4v) is 5.61. The van der Waals surface area contributed by atoms with Crippen molar-refractivity contribution in [3.05, 3.63) is 71.3 Å². The SMILES string of the molecule is CC(C)(C)OC(=O)N1CCC2(CC[C@H](C(=O)N(Cc3ccccc3)Cc3ccc(C(=O)O)cc3)C2)CC1. The van der Waals surface area contributed by atoms with Crippen molar-refractivity contribution >= 4 is 18.0 Å². The van der Waals surface area contributed by atoms with E-state index in [1.807, 2.05) is 56.0 Å². The van der Waals surface area contributed by atoms with Gasteiger partial charge in [0.15, 0.2) is 0 Å². The maximum atomic E-state index is 13.8. The highest BCUT2D eigenvalue weighted by Gasteiger charge is 2.45. The Hall–Kier alpha value is -3.35. The van der Waals surface area contributed by atoms with E-state index in [1.54, 1.807) is 29.2 Å². The second kappa shape index (κ2) is 11.0. The minimum Gasteiger partial charge on any atom is -0.478 e. The molecule has 1 spiro atoms. The van der Waals surface area contributed by atoms with E-state index >= 15 is 0 Å². The molecule has 1 aliphatic heterocycles. The van der Waals surface area contributed by atoms with E-state index in [4.69, 9.17) is 4.74 Å². The number of piperidine rings is 1. The van der Waals surface area contributed by atoms with Crippen LogP contribution in [-0.2, 0) is 22.6 Å². The minimum atomic E-state index is -0.960. The summed E-state index contributed by atoms with van der Waals surface area (Å²) in [6, 6.07) is 16.7. The Bertz CT molecular complexity index is 1100. The van der Waals surface area contributed by atoms with E-state index in [9.17, 15) is 19.5 Å². The van der Waals surface area contributed by atoms with Gasteiger partial charge in [-0.1, -0.05) is 42.5 Å². The molecule has 4 rings (SSSR count). The van der Waals surface area contributed by atoms with Crippen molar-refractivity contribution in [2.75, 3.05) is 13.1 Å². The molecule has 2 fully saturated rings. The van der Waals surface area contributed by atoms with Gasteiger partial charge in [-0.25, -0.2) is 9.59 Å². The Labute approximate surface area is 219 Å². The highest BCUT2D eigenvalue weighted by molar-refractivity contribution is 5.87. The van der Waals surface area contributed by atoms with Crippen LogP contribution in [0.5, 0.6) is 0 Å². The Morgan fingerprint density at radius 2 is 1.54 bits per heavy atom. The fraction of sp³-hybridized carbons (Fsp3) is 0.500. The van der Waals surface area contributed by atoms with Crippen LogP contribution in [0.25, 0.3) is 0 Å². The summed E-state index contributed by atoms with van der Waals surface area (Å²) in [6.45, 7) is 7.92. The van der Waals surface area contributed by atoms with Gasteiger partial charge in [-0.2, -0.15) is 0 Å². The molecule has 0 aromatic heterocycles. The first-order valence-corrected chi connectivity index (χ1v) is 13.2. The number of carboxylic acids is 1. The molecule has 7 heteroatoms. The molecule has 198 valence electrons. The summed E-state index contributed by atoms with van der Waals surface area (Å²) in [7, 11) is 0. The summed E-state index contributed by atoms with van der Waals surface area (Å²) < 4.78 is 5.55. The van der Waals surface area contributed by atoms with Crippen LogP contribution in [0.15, 0.2) is 54.6 Å². The predicted octanol–water partition coefficient (Wildman–Crippen LogP) is 5.73. The quantitative estimate of drug-likeness (QED) is 0.541. The van der Waals surface area contributed by atoms with Crippen LogP contribution in [0.2, 0.25) is 0 Å². The number of nitrogens with zero attached hydrogens (tertiary/aromatic N) is 2. The largest absolute Gasteiger partial charge is 0.478 e. The number of amides is 2. The molecule has 1 saturated carbocycles. The van der Waals surface area contributed by atoms with E-state index in [1.165, 1.54) is 0 Å². The Morgan fingerprint density at radius 3 is 2.11 bits per heavy atom. The molecule has 1 saturated heterocycles. The molecule has 2 amide bonds. The lowest BCUT2D eigenvalue weighted by atomic mass is 9.76. The third kappa shape index (κ3) is 6.90. The summed E-state index contributed by atoms with van der Waals surface area (Å²) in [5.74, 6) is -0.856. The highest BCUT2D eigenvalue weighted by atomic mass is 16.6. The first-order valence-electron chi connectivity index (χ1n) is 13.2. The van der Waals surface area contributed by atoms with Crippen molar-refractivity contribution in [2.45, 2.75) is 71.6 Å². The first kappa shape index (κ1) is 26.7. The Balaban J connectivity index is 1.42. The normalized spacial score (nSPS) is 19.0. The summed E-state index contributed by atoms with van der Waals surface area (Å²) in [4.78, 5) is 41.3. The second-order valence-electron chi connectivity index (χ2n) is 11.6. The molecule has 1 N–H and O–H groups in total. The van der Waals surface area contributed by atoms with Gasteiger partial charge in [0.1, 0.15) is 5.60 Å². The third-order valence-electron chi connectivity index (χ3n) is 7.63. The van der Waals surface area contributed by atoms with Gasteiger partial charge < -0.3 is 19.6 Å². The van der Waals surface area contributed by atoms with Crippen LogP contribution in [0.3, 0.4) is 0 Å². The van der Waals surface area contributed by atoms with Crippen LogP contribution in [-0.4, -0.2) is 51.6 Å². The molecule has 2 aromatic carbocycles. The second-order valence-corrected chi connectivity index (χ2v) is 11.6. The van der Waals surface area contributed by atoms with Crippen molar-refractivity contribution < 1.29 is 24.2 Å². The monoisotopic (exact) mass is 506 g/mol. The molecule has 2 aromatic rings. The van der Waals surface area contributed by atoms with Gasteiger partial charge in [-0.05, 0) is 81.5 Å². The first-order chi connectivity index (χ1) is 17.5. The standard InChI is InChI=1S/C30H38N2O5/c1-29(2,3)37-28(36)31-17-15-30(16-18-31)14-13-25(19-30)26(33)32(20-22-7-5-4-6-8-22)21-23-9-11-24(12-10-23)27(34)35/h4-12,25H,13-21H2,1-3H3,(H,34,35)/t25-/m0/s1. The van der Waals surface area contributed by atoms with E-state index in [0.717, 1.165) is 43.2 Å². The highest BCUT2D eigenvalue weighted by Crippen LogP contribution is 2.49. The van der Waals surface area contributed by atoms with Gasteiger partial charge in [-0.15, -0.1) is 0 Å². The van der Waals surface area contributed by atoms with Gasteiger partial charge in [0, 0.05) is 32.1 Å². The van der Waals surface area contributed by atoms with Crippen molar-refractivity contribution in [1.82, 2.24) is 9.80 Å². The van der Waals surface area contributed by atoms with Crippen LogP contribution < -0.4 is 0 Å². The molecule has 0 bridgehead atoms. The summed E-state index contributed by atoms with van der Waals surface area (Å²) in [5, 5.41) is 9.21. The van der Waals surface area contributed by atoms with E-state index < -0.39 is 11.6 Å². The number of ether oxygens (including phenoxy) is 1. The van der Waals surface area contributed by atoms with Crippen LogP contribution in [0.1, 0.15) is 74.4 Å². The average molecular weight is 507 g/mol. The molecule has 0 unspecified atom stereocenters. The third-order valence-corrected chi connectivity index (χ3v) is 7.63. The lowest BCUT2D eigenvalue weighted by Crippen LogP contribution is -2.44. The van der Waals surface area contributed by atoms with Crippen molar-refractivity contribution in [3.63, 3.8) is 0 Å². The number of carboxylic acid groups (broad SMARTS) is 1. The molecule has 0 radical (unpaired) electrons. The maximum Gasteiger partial charge on any atom is 0.410 e. The number of aromatic carboxylic acids is 1. The Kier molecular flexibility index (Phi) is 7.90. The van der Waals surface area contributed by atoms with Crippen LogP contribution in [0, 0.1) is 11.3 Å². The molecular weight excluding hydrogens is 468 g/mol. The maximum absolute atomic E-state index is 13.8. The van der Waals surface area contributed by atoms with Gasteiger partial charge in [0.2, 0.25) is 5.91 Å². The molecule has 1 atom stereocenters. The zero-order valence-corrected chi connectivity index (χ0v) is 22.1. The van der Waals surface area contributed by atoms with E-state index in [0.29, 0.717) is 26.2 Å². The lowest BCUT2D eigenvalue weighted by Gasteiger charge is -2.40. The van der Waals surface area contributed by atoms with Gasteiger partial charge in [0.25, 0.3) is 0 Å². The number of hydrogen-bond donors (Lipinski definition) is 1. The summed E-state index contributed by atoms with van der Waals surface area (Å²) >= 11 is 0. The smallest absolute Gasteiger partial charge is 0.410 e. The van der Waals surface area contributed by atoms with E-state index in [2.05, 4.69) is 0 Å². The van der Waals surface area contributed by atoms with Crippen LogP contribution >= 0.6 is 0 Å². The summed E-state index contributed by atoms with van der Waals surface area (Å²) in [5.41, 5.74) is 1.80. The van der Waals surface area contributed by atoms with Crippen molar-refractivity contribution in [1.29, 1.82) is 0 Å². The zero-order valence-electron chi connectivity index (χ0n) is 22.1. The summed E-state index contributed by atoms with van der Waals surface area (Å²) in [6.07, 6.45) is 4.23. The molecular formula is C30H38N2O5. The zero-order chi connectivity index (χ0) is 26.6. The number of carbonyl (C=O) groups excluding carboxylic acids is 2. The average Bonchev–Trinajstić information content (AvgIpc) is 3.27. The minimum absolute atomic E-state index is 0.0462. The molecule has 1 aliphatic carbocycles. The Morgan fingerprint density at radius 1 is 0.946 bits per heavy atom. The fourth-order valence-electron chi connectivity index (χ4n) is 5.61. The van der Waals surface area contributed by atoms with Crippen molar-refractivity contribution in [3.8, 4) is 0 Å². The van der Waals surface area contributed by atoms with Crippen LogP contribution in [0.4, 0.5) is 4.79 Å². The molecule has 2 aliphatic rings. The van der Waals surface area contributed by atoms with E-state index in [-0.39, 0.29) is 28.9 Å². The number of hydrogen-bond acceptors (Lipinski definition) is 4. The number of benzene rings is 2.